The molecule has 7 rings (SSSR count). The largest absolute Gasteiger partial charge is 0.416 e. The van der Waals surface area contributed by atoms with Crippen molar-refractivity contribution in [3.8, 4) is 11.3 Å². The van der Waals surface area contributed by atoms with E-state index in [0.29, 0.717) is 40.4 Å². The fourth-order valence-electron chi connectivity index (χ4n) is 7.65. The van der Waals surface area contributed by atoms with E-state index in [9.17, 15) is 26.3 Å². The van der Waals surface area contributed by atoms with Gasteiger partial charge >= 0.3 is 12.4 Å². The monoisotopic (exact) mass is 724 g/mol. The fourth-order valence-corrected chi connectivity index (χ4v) is 7.65. The summed E-state index contributed by atoms with van der Waals surface area (Å²) in [5, 5.41) is 2.03. The Morgan fingerprint density at radius 3 is 1.74 bits per heavy atom. The highest BCUT2D eigenvalue weighted by atomic mass is 19.4. The predicted molar refractivity (Wildman–Crippen MR) is 203 cm³/mol. The zero-order chi connectivity index (χ0) is 37.5. The van der Waals surface area contributed by atoms with Crippen LogP contribution in [-0.2, 0) is 17.8 Å². The lowest BCUT2D eigenvalue weighted by Crippen LogP contribution is -2.10. The molecule has 0 saturated heterocycles. The molecule has 0 amide bonds. The van der Waals surface area contributed by atoms with Crippen molar-refractivity contribution in [1.29, 1.82) is 0 Å². The molecule has 1 aromatic heterocycles. The Morgan fingerprint density at radius 2 is 1.17 bits per heavy atom. The zero-order valence-electron chi connectivity index (χ0n) is 30.1. The average molecular weight is 725 g/mol. The van der Waals surface area contributed by atoms with Crippen LogP contribution in [0.1, 0.15) is 99.2 Å². The van der Waals surface area contributed by atoms with Crippen LogP contribution in [-0.4, -0.2) is 10.7 Å². The molecule has 1 fully saturated rings. The van der Waals surface area contributed by atoms with E-state index >= 15 is 0 Å². The second kappa shape index (κ2) is 14.2. The summed E-state index contributed by atoms with van der Waals surface area (Å²) in [5.74, 6) is 0.531. The number of halogens is 6. The first kappa shape index (κ1) is 36.5. The van der Waals surface area contributed by atoms with Gasteiger partial charge in [-0.15, -0.1) is 0 Å². The van der Waals surface area contributed by atoms with Crippen LogP contribution < -0.4 is 0 Å². The zero-order valence-corrected chi connectivity index (χ0v) is 30.1. The molecule has 8 heteroatoms. The number of aromatic amines is 1. The van der Waals surface area contributed by atoms with Gasteiger partial charge < -0.3 is 4.98 Å². The summed E-state index contributed by atoms with van der Waals surface area (Å²) in [5.41, 5.74) is 6.19. The van der Waals surface area contributed by atoms with Crippen molar-refractivity contribution in [1.82, 2.24) is 4.98 Å². The summed E-state index contributed by atoms with van der Waals surface area (Å²) in [6.45, 7) is 6.53. The van der Waals surface area contributed by atoms with Gasteiger partial charge in [-0.3, -0.25) is 0 Å². The molecule has 0 spiro atoms. The SMILES string of the molecule is CC(C)(C)c1ccc(-c2[nH]c(/C(CCC3CCCCC3)=C3\N=C(c4ccc(C(F)(F)F)cc4)C=C3c3ccc(C(F)(F)F)cc3)c3ccccc23)cc1. The maximum atomic E-state index is 13.6. The predicted octanol–water partition coefficient (Wildman–Crippen LogP) is 13.8. The van der Waals surface area contributed by atoms with Crippen molar-refractivity contribution in [3.63, 3.8) is 0 Å². The second-order valence-corrected chi connectivity index (χ2v) is 15.3. The van der Waals surface area contributed by atoms with Crippen LogP contribution in [0.5, 0.6) is 0 Å². The highest BCUT2D eigenvalue weighted by Crippen LogP contribution is 2.44. The molecule has 274 valence electrons. The molecule has 1 aliphatic carbocycles. The molecule has 0 bridgehead atoms. The topological polar surface area (TPSA) is 28.1 Å². The van der Waals surface area contributed by atoms with E-state index in [-0.39, 0.29) is 5.41 Å². The number of benzene rings is 4. The highest BCUT2D eigenvalue weighted by Gasteiger charge is 2.32. The van der Waals surface area contributed by atoms with E-state index in [1.807, 2.05) is 12.1 Å². The number of alkyl halides is 6. The molecule has 1 N–H and O–H groups in total. The smallest absolute Gasteiger partial charge is 0.354 e. The van der Waals surface area contributed by atoms with Crippen molar-refractivity contribution in [2.75, 3.05) is 0 Å². The van der Waals surface area contributed by atoms with Gasteiger partial charge in [-0.1, -0.05) is 126 Å². The summed E-state index contributed by atoms with van der Waals surface area (Å²) in [7, 11) is 0. The molecule has 1 aliphatic heterocycles. The molecule has 2 nitrogen and oxygen atoms in total. The normalized spacial score (nSPS) is 16.9. The summed E-state index contributed by atoms with van der Waals surface area (Å²) in [6, 6.07) is 26.6. The third-order valence-electron chi connectivity index (χ3n) is 10.7. The number of hydrogen-bond acceptors (Lipinski definition) is 1. The van der Waals surface area contributed by atoms with Crippen LogP contribution in [0.15, 0.2) is 114 Å². The number of aliphatic imine (C=N–C) groups is 1. The summed E-state index contributed by atoms with van der Waals surface area (Å²) in [4.78, 5) is 8.91. The molecule has 2 heterocycles. The van der Waals surface area contributed by atoms with E-state index in [1.165, 1.54) is 49.1 Å². The molecule has 0 atom stereocenters. The maximum absolute atomic E-state index is 13.6. The molecule has 1 saturated carbocycles. The maximum Gasteiger partial charge on any atom is 0.416 e. The minimum absolute atomic E-state index is 0.00944. The van der Waals surface area contributed by atoms with E-state index in [4.69, 9.17) is 4.99 Å². The Bertz CT molecular complexity index is 2180. The third-order valence-corrected chi connectivity index (χ3v) is 10.7. The lowest BCUT2D eigenvalue weighted by Gasteiger charge is -2.22. The number of H-pyrrole nitrogens is 1. The van der Waals surface area contributed by atoms with E-state index in [2.05, 4.69) is 62.2 Å². The van der Waals surface area contributed by atoms with Crippen molar-refractivity contribution in [2.45, 2.75) is 83.5 Å². The van der Waals surface area contributed by atoms with Crippen molar-refractivity contribution >= 4 is 27.6 Å². The molecular formula is C45H42F6N2. The summed E-state index contributed by atoms with van der Waals surface area (Å²) in [6.07, 6.45) is 0.244. The first-order valence-corrected chi connectivity index (χ1v) is 18.3. The van der Waals surface area contributed by atoms with Crippen LogP contribution in [0.2, 0.25) is 0 Å². The molecule has 2 aliphatic rings. The van der Waals surface area contributed by atoms with E-state index < -0.39 is 23.5 Å². The van der Waals surface area contributed by atoms with Crippen LogP contribution in [0, 0.1) is 5.92 Å². The molecule has 0 unspecified atom stereocenters. The van der Waals surface area contributed by atoms with Gasteiger partial charge in [-0.05, 0) is 71.2 Å². The van der Waals surface area contributed by atoms with Gasteiger partial charge in [-0.2, -0.15) is 26.3 Å². The Labute approximate surface area is 306 Å². The van der Waals surface area contributed by atoms with Gasteiger partial charge in [-0.25, -0.2) is 4.99 Å². The van der Waals surface area contributed by atoms with Crippen LogP contribution in [0.3, 0.4) is 0 Å². The number of nitrogens with zero attached hydrogens (tertiary/aromatic N) is 1. The van der Waals surface area contributed by atoms with Gasteiger partial charge in [0.2, 0.25) is 0 Å². The average Bonchev–Trinajstić information content (AvgIpc) is 3.75. The summed E-state index contributed by atoms with van der Waals surface area (Å²) >= 11 is 0. The Kier molecular flexibility index (Phi) is 9.77. The number of nitrogens with one attached hydrogen (secondary N) is 1. The summed E-state index contributed by atoms with van der Waals surface area (Å²) < 4.78 is 81.4. The van der Waals surface area contributed by atoms with E-state index in [0.717, 1.165) is 76.8 Å². The minimum atomic E-state index is -4.50. The van der Waals surface area contributed by atoms with Crippen molar-refractivity contribution in [2.24, 2.45) is 10.9 Å². The van der Waals surface area contributed by atoms with Gasteiger partial charge in [0.05, 0.1) is 33.9 Å². The number of rotatable bonds is 7. The van der Waals surface area contributed by atoms with Crippen molar-refractivity contribution < 1.29 is 26.3 Å². The van der Waals surface area contributed by atoms with Crippen LogP contribution in [0.25, 0.3) is 33.2 Å². The Morgan fingerprint density at radius 1 is 0.642 bits per heavy atom. The minimum Gasteiger partial charge on any atom is -0.354 e. The molecule has 0 radical (unpaired) electrons. The number of allylic oxidation sites excluding steroid dienone is 3. The first-order valence-electron chi connectivity index (χ1n) is 18.3. The molecule has 5 aromatic rings. The lowest BCUT2D eigenvalue weighted by atomic mass is 9.84. The highest BCUT2D eigenvalue weighted by molar-refractivity contribution is 6.20. The van der Waals surface area contributed by atoms with Crippen molar-refractivity contribution in [3.05, 3.63) is 142 Å². The number of fused-ring (bicyclic) bond motifs is 1. The fraction of sp³-hybridized carbons (Fsp3) is 0.311. The Balaban J connectivity index is 1.43. The molecule has 53 heavy (non-hydrogen) atoms. The van der Waals surface area contributed by atoms with Gasteiger partial charge in [0, 0.05) is 27.5 Å². The number of hydrogen-bond donors (Lipinski definition) is 1. The van der Waals surface area contributed by atoms with Gasteiger partial charge in [0.1, 0.15) is 0 Å². The first-order chi connectivity index (χ1) is 25.2. The van der Waals surface area contributed by atoms with E-state index in [1.54, 1.807) is 6.08 Å². The quantitative estimate of drug-likeness (QED) is 0.162. The second-order valence-electron chi connectivity index (χ2n) is 15.3. The third kappa shape index (κ3) is 7.78. The lowest BCUT2D eigenvalue weighted by molar-refractivity contribution is -0.138. The van der Waals surface area contributed by atoms with Gasteiger partial charge in [0.25, 0.3) is 0 Å². The van der Waals surface area contributed by atoms with Crippen LogP contribution in [0.4, 0.5) is 26.3 Å². The standard InChI is InChI=1S/C45H42F6N2/c1-43(2,3)32-20-18-31(19-21-32)40-35-11-7-8-12-36(35)41(53-40)37(26-13-28-9-5-4-6-10-28)42-38(29-14-22-33(23-15-29)44(46,47)48)27-39(52-42)30-16-24-34(25-17-30)45(49,50)51/h7-8,11-12,14-25,27-28,53H,4-6,9-10,13,26H2,1-3H3/b42-37-. The number of aromatic nitrogens is 1. The van der Waals surface area contributed by atoms with Crippen LogP contribution >= 0.6 is 0 Å². The van der Waals surface area contributed by atoms with Gasteiger partial charge in [0.15, 0.2) is 0 Å². The Hall–Kier alpha value is -4.85. The molecule has 4 aromatic carbocycles. The molecular weight excluding hydrogens is 682 g/mol.